The van der Waals surface area contributed by atoms with Crippen molar-refractivity contribution < 1.29 is 14.3 Å². The van der Waals surface area contributed by atoms with Crippen LogP contribution in [-0.2, 0) is 28.8 Å². The van der Waals surface area contributed by atoms with Gasteiger partial charge in [0.05, 0.1) is 12.2 Å². The molecule has 2 aromatic rings. The fourth-order valence-corrected chi connectivity index (χ4v) is 4.87. The van der Waals surface area contributed by atoms with E-state index in [0.717, 1.165) is 30.4 Å². The highest BCUT2D eigenvalue weighted by Crippen LogP contribution is 2.40. The molecule has 3 rings (SSSR count). The van der Waals surface area contributed by atoms with Gasteiger partial charge in [0.25, 0.3) is 0 Å². The van der Waals surface area contributed by atoms with Crippen molar-refractivity contribution in [2.75, 3.05) is 11.9 Å². The van der Waals surface area contributed by atoms with Crippen molar-refractivity contribution in [3.63, 3.8) is 0 Å². The summed E-state index contributed by atoms with van der Waals surface area (Å²) in [4.78, 5) is 26.2. The van der Waals surface area contributed by atoms with E-state index in [1.807, 2.05) is 6.92 Å². The number of carbonyl (C=O) groups excluding carboxylic acids is 2. The van der Waals surface area contributed by atoms with Crippen LogP contribution in [0.2, 0.25) is 0 Å². The highest BCUT2D eigenvalue weighted by molar-refractivity contribution is 7.17. The van der Waals surface area contributed by atoms with Gasteiger partial charge >= 0.3 is 5.97 Å². The summed E-state index contributed by atoms with van der Waals surface area (Å²) < 4.78 is 5.26. The standard InChI is InChI=1S/C22H27NO3S/c1-4-26-22(25)20-17-11-7-15(3)13-18(17)27-21(20)23-19(24)12-10-16-8-5-14(2)6-9-16/h5-6,8-9,15H,4,7,10-13H2,1-3H3,(H,23,24). The van der Waals surface area contributed by atoms with Crippen LogP contribution in [0, 0.1) is 12.8 Å². The second-order valence-electron chi connectivity index (χ2n) is 7.31. The van der Waals surface area contributed by atoms with Gasteiger partial charge in [-0.1, -0.05) is 36.8 Å². The van der Waals surface area contributed by atoms with Gasteiger partial charge in [0.15, 0.2) is 0 Å². The van der Waals surface area contributed by atoms with Crippen molar-refractivity contribution in [1.29, 1.82) is 0 Å². The van der Waals surface area contributed by atoms with Crippen molar-refractivity contribution in [3.05, 3.63) is 51.4 Å². The molecule has 5 heteroatoms. The molecule has 1 heterocycles. The molecule has 1 atom stereocenters. The number of fused-ring (bicyclic) bond motifs is 1. The minimum atomic E-state index is -0.321. The van der Waals surface area contributed by atoms with Crippen LogP contribution in [-0.4, -0.2) is 18.5 Å². The Morgan fingerprint density at radius 2 is 2.00 bits per heavy atom. The number of amides is 1. The number of carbonyl (C=O) groups is 2. The molecule has 1 aromatic carbocycles. The fourth-order valence-electron chi connectivity index (χ4n) is 3.46. The molecule has 1 aliphatic carbocycles. The van der Waals surface area contributed by atoms with Crippen LogP contribution in [0.4, 0.5) is 5.00 Å². The molecule has 1 aliphatic rings. The number of rotatable bonds is 6. The van der Waals surface area contributed by atoms with Crippen LogP contribution >= 0.6 is 11.3 Å². The molecular formula is C22H27NO3S. The maximum atomic E-state index is 12.5. The lowest BCUT2D eigenvalue weighted by atomic mass is 9.88. The number of nitrogens with one attached hydrogen (secondary N) is 1. The first-order valence-corrected chi connectivity index (χ1v) is 10.5. The SMILES string of the molecule is CCOC(=O)c1c(NC(=O)CCc2ccc(C)cc2)sc2c1CCC(C)C2. The zero-order chi connectivity index (χ0) is 19.4. The second kappa shape index (κ2) is 8.70. The third-order valence-corrected chi connectivity index (χ3v) is 6.18. The monoisotopic (exact) mass is 385 g/mol. The van der Waals surface area contributed by atoms with Crippen LogP contribution in [0.3, 0.4) is 0 Å². The van der Waals surface area contributed by atoms with E-state index in [1.54, 1.807) is 6.92 Å². The first-order valence-electron chi connectivity index (χ1n) is 9.65. The molecule has 0 saturated carbocycles. The Labute approximate surface area is 164 Å². The molecule has 0 aliphatic heterocycles. The minimum absolute atomic E-state index is 0.0623. The zero-order valence-electron chi connectivity index (χ0n) is 16.3. The van der Waals surface area contributed by atoms with Crippen LogP contribution < -0.4 is 5.32 Å². The van der Waals surface area contributed by atoms with Gasteiger partial charge in [-0.15, -0.1) is 11.3 Å². The number of thiophene rings is 1. The molecule has 0 fully saturated rings. The van der Waals surface area contributed by atoms with Gasteiger partial charge in [0.1, 0.15) is 5.00 Å². The molecule has 27 heavy (non-hydrogen) atoms. The molecule has 0 bridgehead atoms. The molecule has 0 spiro atoms. The number of hydrogen-bond donors (Lipinski definition) is 1. The van der Waals surface area contributed by atoms with Crippen molar-refractivity contribution in [1.82, 2.24) is 0 Å². The van der Waals surface area contributed by atoms with Gasteiger partial charge in [-0.2, -0.15) is 0 Å². The van der Waals surface area contributed by atoms with E-state index < -0.39 is 0 Å². The lowest BCUT2D eigenvalue weighted by Gasteiger charge is -2.18. The predicted octanol–water partition coefficient (Wildman–Crippen LogP) is 4.93. The van der Waals surface area contributed by atoms with E-state index in [1.165, 1.54) is 21.8 Å². The van der Waals surface area contributed by atoms with Crippen LogP contribution in [0.5, 0.6) is 0 Å². The predicted molar refractivity (Wildman–Crippen MR) is 110 cm³/mol. The van der Waals surface area contributed by atoms with Gasteiger partial charge in [-0.25, -0.2) is 4.79 Å². The second-order valence-corrected chi connectivity index (χ2v) is 8.42. The molecule has 144 valence electrons. The summed E-state index contributed by atoms with van der Waals surface area (Å²) in [5, 5.41) is 3.64. The zero-order valence-corrected chi connectivity index (χ0v) is 17.1. The molecular weight excluding hydrogens is 358 g/mol. The van der Waals surface area contributed by atoms with Crippen LogP contribution in [0.1, 0.15) is 58.6 Å². The van der Waals surface area contributed by atoms with E-state index in [0.29, 0.717) is 35.9 Å². The van der Waals surface area contributed by atoms with Crippen LogP contribution in [0.15, 0.2) is 24.3 Å². The molecule has 1 N–H and O–H groups in total. The highest BCUT2D eigenvalue weighted by atomic mass is 32.1. The Bertz CT molecular complexity index is 823. The Morgan fingerprint density at radius 3 is 2.70 bits per heavy atom. The summed E-state index contributed by atoms with van der Waals surface area (Å²) in [5.41, 5.74) is 4.00. The average Bonchev–Trinajstić information content (AvgIpc) is 2.98. The quantitative estimate of drug-likeness (QED) is 0.718. The Kier molecular flexibility index (Phi) is 6.32. The van der Waals surface area contributed by atoms with Gasteiger partial charge in [0, 0.05) is 11.3 Å². The number of aryl methyl sites for hydroxylation is 2. The molecule has 1 aromatic heterocycles. The Morgan fingerprint density at radius 1 is 1.26 bits per heavy atom. The third kappa shape index (κ3) is 4.78. The maximum absolute atomic E-state index is 12.5. The smallest absolute Gasteiger partial charge is 0.341 e. The molecule has 4 nitrogen and oxygen atoms in total. The normalized spacial score (nSPS) is 15.9. The minimum Gasteiger partial charge on any atom is -0.462 e. The lowest BCUT2D eigenvalue weighted by Crippen LogP contribution is -2.16. The molecule has 1 amide bonds. The van der Waals surface area contributed by atoms with Crippen molar-refractivity contribution >= 4 is 28.2 Å². The molecule has 0 radical (unpaired) electrons. The van der Waals surface area contributed by atoms with Gasteiger partial charge in [-0.05, 0) is 56.6 Å². The van der Waals surface area contributed by atoms with Crippen molar-refractivity contribution in [2.45, 2.75) is 52.9 Å². The number of benzene rings is 1. The lowest BCUT2D eigenvalue weighted by molar-refractivity contribution is -0.116. The van der Waals surface area contributed by atoms with E-state index >= 15 is 0 Å². The Hall–Kier alpha value is -2.14. The van der Waals surface area contributed by atoms with Crippen molar-refractivity contribution in [3.8, 4) is 0 Å². The summed E-state index contributed by atoms with van der Waals surface area (Å²) in [6, 6.07) is 8.22. The van der Waals surface area contributed by atoms with Gasteiger partial charge < -0.3 is 10.1 Å². The molecule has 1 unspecified atom stereocenters. The first-order chi connectivity index (χ1) is 13.0. The van der Waals surface area contributed by atoms with E-state index in [4.69, 9.17) is 4.74 Å². The number of anilines is 1. The topological polar surface area (TPSA) is 55.4 Å². The summed E-state index contributed by atoms with van der Waals surface area (Å²) in [6.45, 7) is 6.42. The van der Waals surface area contributed by atoms with E-state index in [2.05, 4.69) is 36.5 Å². The van der Waals surface area contributed by atoms with E-state index in [9.17, 15) is 9.59 Å². The van der Waals surface area contributed by atoms with Gasteiger partial charge in [0.2, 0.25) is 5.91 Å². The maximum Gasteiger partial charge on any atom is 0.341 e. The summed E-state index contributed by atoms with van der Waals surface area (Å²) in [6.07, 6.45) is 3.98. The Balaban J connectivity index is 1.73. The number of esters is 1. The van der Waals surface area contributed by atoms with Gasteiger partial charge in [-0.3, -0.25) is 4.79 Å². The number of hydrogen-bond acceptors (Lipinski definition) is 4. The summed E-state index contributed by atoms with van der Waals surface area (Å²) in [5.74, 6) is 0.224. The number of ether oxygens (including phenoxy) is 1. The average molecular weight is 386 g/mol. The largest absolute Gasteiger partial charge is 0.462 e. The summed E-state index contributed by atoms with van der Waals surface area (Å²) >= 11 is 1.54. The summed E-state index contributed by atoms with van der Waals surface area (Å²) in [7, 11) is 0. The van der Waals surface area contributed by atoms with Crippen molar-refractivity contribution in [2.24, 2.45) is 5.92 Å². The highest BCUT2D eigenvalue weighted by Gasteiger charge is 2.29. The fraction of sp³-hybridized carbons (Fsp3) is 0.455. The third-order valence-electron chi connectivity index (χ3n) is 5.01. The molecule has 0 saturated heterocycles. The first kappa shape index (κ1) is 19.6. The van der Waals surface area contributed by atoms with Crippen LogP contribution in [0.25, 0.3) is 0 Å². The van der Waals surface area contributed by atoms with E-state index in [-0.39, 0.29) is 11.9 Å².